The first-order chi connectivity index (χ1) is 14.0. The lowest BCUT2D eigenvalue weighted by Crippen LogP contribution is -2.35. The van der Waals surface area contributed by atoms with Crippen LogP contribution in [0.3, 0.4) is 0 Å². The highest BCUT2D eigenvalue weighted by Crippen LogP contribution is 2.30. The number of aryl methyl sites for hydroxylation is 1. The van der Waals surface area contributed by atoms with Crippen molar-refractivity contribution in [1.82, 2.24) is 24.8 Å². The Morgan fingerprint density at radius 2 is 2.10 bits per heavy atom. The molecule has 1 aromatic carbocycles. The molecule has 8 heteroatoms. The van der Waals surface area contributed by atoms with Gasteiger partial charge in [-0.1, -0.05) is 17.4 Å². The Labute approximate surface area is 173 Å². The highest BCUT2D eigenvalue weighted by Gasteiger charge is 2.20. The Morgan fingerprint density at radius 1 is 1.24 bits per heavy atom. The fourth-order valence-electron chi connectivity index (χ4n) is 3.46. The van der Waals surface area contributed by atoms with Gasteiger partial charge in [-0.15, -0.1) is 16.4 Å². The van der Waals surface area contributed by atoms with Crippen LogP contribution in [0.15, 0.2) is 42.7 Å². The number of hydrogen-bond acceptors (Lipinski definition) is 5. The van der Waals surface area contributed by atoms with Gasteiger partial charge in [-0.25, -0.2) is 0 Å². The van der Waals surface area contributed by atoms with Crippen molar-refractivity contribution in [3.63, 3.8) is 0 Å². The molecule has 29 heavy (non-hydrogen) atoms. The summed E-state index contributed by atoms with van der Waals surface area (Å²) in [4.78, 5) is 29.1. The second kappa shape index (κ2) is 8.16. The lowest BCUT2D eigenvalue weighted by Gasteiger charge is -2.28. The number of rotatable bonds is 5. The van der Waals surface area contributed by atoms with E-state index in [0.717, 1.165) is 39.1 Å². The molecule has 0 N–H and O–H groups in total. The van der Waals surface area contributed by atoms with Crippen molar-refractivity contribution in [3.8, 4) is 0 Å². The molecule has 3 heterocycles. The zero-order valence-corrected chi connectivity index (χ0v) is 17.4. The molecule has 0 saturated heterocycles. The average molecular weight is 410 g/mol. The summed E-state index contributed by atoms with van der Waals surface area (Å²) in [5.74, 6) is 0.148. The van der Waals surface area contributed by atoms with Crippen LogP contribution in [0.4, 0.5) is 0 Å². The number of nitrogens with zero attached hydrogens (tertiary/aromatic N) is 5. The standard InChI is InChI=1S/C21H23N5O2S/c1-24(2)21(28)19-13-17-12-15(5-6-18(17)29-19)16-4-3-9-25(14-16)20(27)7-10-26-11-8-22-23-26/h4-6,8,11-13H,3,7,9-10,14H2,1-2H3. The van der Waals surface area contributed by atoms with Crippen molar-refractivity contribution >= 4 is 38.8 Å². The number of carbonyl (C=O) groups excluding carboxylic acids is 2. The molecule has 0 radical (unpaired) electrons. The molecule has 0 bridgehead atoms. The quantitative estimate of drug-likeness (QED) is 0.650. The summed E-state index contributed by atoms with van der Waals surface area (Å²) in [5.41, 5.74) is 2.26. The minimum Gasteiger partial charge on any atom is -0.344 e. The first kappa shape index (κ1) is 19.3. The fraction of sp³-hybridized carbons (Fsp3) is 0.333. The van der Waals surface area contributed by atoms with Crippen molar-refractivity contribution in [2.24, 2.45) is 0 Å². The Morgan fingerprint density at radius 3 is 2.86 bits per heavy atom. The summed E-state index contributed by atoms with van der Waals surface area (Å²) in [7, 11) is 3.53. The van der Waals surface area contributed by atoms with E-state index < -0.39 is 0 Å². The van der Waals surface area contributed by atoms with Crippen molar-refractivity contribution in [2.45, 2.75) is 19.4 Å². The van der Waals surface area contributed by atoms with E-state index in [1.807, 2.05) is 11.0 Å². The average Bonchev–Trinajstić information content (AvgIpc) is 3.40. The second-order valence-electron chi connectivity index (χ2n) is 7.31. The maximum Gasteiger partial charge on any atom is 0.263 e. The van der Waals surface area contributed by atoms with Gasteiger partial charge in [0.2, 0.25) is 5.91 Å². The third-order valence-electron chi connectivity index (χ3n) is 5.03. The van der Waals surface area contributed by atoms with Gasteiger partial charge in [0.05, 0.1) is 17.6 Å². The van der Waals surface area contributed by atoms with Gasteiger partial charge in [0.25, 0.3) is 5.91 Å². The molecule has 150 valence electrons. The maximum atomic E-state index is 12.6. The Hall–Kier alpha value is -3.00. The third-order valence-corrected chi connectivity index (χ3v) is 6.14. The smallest absolute Gasteiger partial charge is 0.263 e. The van der Waals surface area contributed by atoms with Gasteiger partial charge in [0.1, 0.15) is 0 Å². The van der Waals surface area contributed by atoms with Gasteiger partial charge in [-0.3, -0.25) is 14.3 Å². The summed E-state index contributed by atoms with van der Waals surface area (Å²) in [6.07, 6.45) is 6.85. The molecule has 0 spiro atoms. The molecule has 7 nitrogen and oxygen atoms in total. The van der Waals surface area contributed by atoms with Gasteiger partial charge in [0.15, 0.2) is 0 Å². The van der Waals surface area contributed by atoms with E-state index in [9.17, 15) is 9.59 Å². The number of aromatic nitrogens is 3. The van der Waals surface area contributed by atoms with Gasteiger partial charge in [-0.05, 0) is 41.1 Å². The van der Waals surface area contributed by atoms with E-state index in [2.05, 4.69) is 34.6 Å². The third kappa shape index (κ3) is 4.22. The SMILES string of the molecule is CN(C)C(=O)c1cc2cc(C3=CCCN(C(=O)CCn4ccnn4)C3)ccc2s1. The molecule has 3 aromatic rings. The highest BCUT2D eigenvalue weighted by molar-refractivity contribution is 7.20. The van der Waals surface area contributed by atoms with E-state index in [4.69, 9.17) is 0 Å². The van der Waals surface area contributed by atoms with Crippen LogP contribution < -0.4 is 0 Å². The largest absolute Gasteiger partial charge is 0.344 e. The number of thiophene rings is 1. The second-order valence-corrected chi connectivity index (χ2v) is 8.40. The number of benzene rings is 1. The van der Waals surface area contributed by atoms with Crippen molar-refractivity contribution in [2.75, 3.05) is 27.2 Å². The van der Waals surface area contributed by atoms with E-state index in [1.54, 1.807) is 36.1 Å². The molecule has 0 aliphatic carbocycles. The van der Waals surface area contributed by atoms with Gasteiger partial charge in [-0.2, -0.15) is 0 Å². The topological polar surface area (TPSA) is 71.3 Å². The summed E-state index contributed by atoms with van der Waals surface area (Å²) < 4.78 is 2.77. The summed E-state index contributed by atoms with van der Waals surface area (Å²) >= 11 is 1.51. The molecular formula is C21H23N5O2S. The molecule has 0 atom stereocenters. The van der Waals surface area contributed by atoms with Crippen molar-refractivity contribution in [3.05, 3.63) is 53.2 Å². The predicted molar refractivity (Wildman–Crippen MR) is 114 cm³/mol. The molecule has 0 fully saturated rings. The summed E-state index contributed by atoms with van der Waals surface area (Å²) in [6, 6.07) is 8.22. The van der Waals surface area contributed by atoms with E-state index in [-0.39, 0.29) is 11.8 Å². The Kier molecular flexibility index (Phi) is 5.44. The van der Waals surface area contributed by atoms with Crippen molar-refractivity contribution < 1.29 is 9.59 Å². The van der Waals surface area contributed by atoms with Crippen LogP contribution in [0, 0.1) is 0 Å². The van der Waals surface area contributed by atoms with Gasteiger partial charge < -0.3 is 9.80 Å². The fourth-order valence-corrected chi connectivity index (χ4v) is 4.52. The predicted octanol–water partition coefficient (Wildman–Crippen LogP) is 2.90. The molecule has 0 unspecified atom stereocenters. The zero-order valence-electron chi connectivity index (χ0n) is 16.5. The molecule has 2 aromatic heterocycles. The minimum atomic E-state index is 0.0220. The van der Waals surface area contributed by atoms with E-state index in [1.165, 1.54) is 11.3 Å². The number of carbonyl (C=O) groups is 2. The molecular weight excluding hydrogens is 386 g/mol. The van der Waals surface area contributed by atoms with Crippen LogP contribution in [0.2, 0.25) is 0 Å². The first-order valence-corrected chi connectivity index (χ1v) is 10.4. The van der Waals surface area contributed by atoms with E-state index in [0.29, 0.717) is 19.5 Å². The first-order valence-electron chi connectivity index (χ1n) is 9.58. The molecule has 2 amide bonds. The zero-order chi connectivity index (χ0) is 20.4. The lowest BCUT2D eigenvalue weighted by molar-refractivity contribution is -0.131. The molecule has 0 saturated carbocycles. The van der Waals surface area contributed by atoms with Crippen LogP contribution in [-0.4, -0.2) is 63.8 Å². The summed E-state index contributed by atoms with van der Waals surface area (Å²) in [6.45, 7) is 1.88. The molecule has 1 aliphatic rings. The monoisotopic (exact) mass is 409 g/mol. The van der Waals surface area contributed by atoms with Crippen molar-refractivity contribution in [1.29, 1.82) is 0 Å². The Bertz CT molecular complexity index is 1070. The number of amides is 2. The normalized spacial score (nSPS) is 14.1. The lowest BCUT2D eigenvalue weighted by atomic mass is 9.99. The number of hydrogen-bond donors (Lipinski definition) is 0. The van der Waals surface area contributed by atoms with Gasteiger partial charge >= 0.3 is 0 Å². The minimum absolute atomic E-state index is 0.0220. The maximum absolute atomic E-state index is 12.6. The van der Waals surface area contributed by atoms with Crippen LogP contribution in [0.5, 0.6) is 0 Å². The van der Waals surface area contributed by atoms with Crippen LogP contribution in [0.25, 0.3) is 15.7 Å². The van der Waals surface area contributed by atoms with Crippen LogP contribution in [-0.2, 0) is 11.3 Å². The van der Waals surface area contributed by atoms with Gasteiger partial charge in [0, 0.05) is 44.5 Å². The molecule has 4 rings (SSSR count). The summed E-state index contributed by atoms with van der Waals surface area (Å²) in [5, 5.41) is 8.74. The number of fused-ring (bicyclic) bond motifs is 1. The highest BCUT2D eigenvalue weighted by atomic mass is 32.1. The molecule has 1 aliphatic heterocycles. The Balaban J connectivity index is 1.47. The van der Waals surface area contributed by atoms with Crippen LogP contribution in [0.1, 0.15) is 28.1 Å². The van der Waals surface area contributed by atoms with Crippen LogP contribution >= 0.6 is 11.3 Å². The van der Waals surface area contributed by atoms with E-state index >= 15 is 0 Å².